The SMILES string of the molecule is COC(=O)c1c(OC)cc2nccc(Cl)c2c1Cl. The molecule has 0 N–H and O–H groups in total. The van der Waals surface area contributed by atoms with Crippen LogP contribution in [-0.4, -0.2) is 25.2 Å². The summed E-state index contributed by atoms with van der Waals surface area (Å²) < 4.78 is 9.81. The van der Waals surface area contributed by atoms with Gasteiger partial charge in [-0.3, -0.25) is 4.98 Å². The van der Waals surface area contributed by atoms with Gasteiger partial charge in [0.15, 0.2) is 0 Å². The van der Waals surface area contributed by atoms with E-state index in [4.69, 9.17) is 27.9 Å². The Morgan fingerprint density at radius 2 is 2.06 bits per heavy atom. The van der Waals surface area contributed by atoms with Crippen LogP contribution in [0.1, 0.15) is 10.4 Å². The minimum Gasteiger partial charge on any atom is -0.496 e. The molecule has 0 aliphatic carbocycles. The van der Waals surface area contributed by atoms with Gasteiger partial charge in [0.25, 0.3) is 0 Å². The van der Waals surface area contributed by atoms with Crippen molar-refractivity contribution in [2.75, 3.05) is 14.2 Å². The number of benzene rings is 1. The predicted molar refractivity (Wildman–Crippen MR) is 69.7 cm³/mol. The highest BCUT2D eigenvalue weighted by Gasteiger charge is 2.21. The van der Waals surface area contributed by atoms with Gasteiger partial charge < -0.3 is 9.47 Å². The van der Waals surface area contributed by atoms with Gasteiger partial charge in [-0.15, -0.1) is 0 Å². The second-order valence-electron chi connectivity index (χ2n) is 3.45. The molecule has 0 spiro atoms. The third kappa shape index (κ3) is 1.98. The molecule has 2 rings (SSSR count). The Kier molecular flexibility index (Phi) is 3.59. The molecular weight excluding hydrogens is 277 g/mol. The molecule has 0 saturated carbocycles. The van der Waals surface area contributed by atoms with Crippen LogP contribution in [0.2, 0.25) is 10.0 Å². The monoisotopic (exact) mass is 285 g/mol. The minimum absolute atomic E-state index is 0.143. The summed E-state index contributed by atoms with van der Waals surface area (Å²) in [6.07, 6.45) is 1.55. The van der Waals surface area contributed by atoms with Crippen molar-refractivity contribution in [3.63, 3.8) is 0 Å². The van der Waals surface area contributed by atoms with E-state index in [1.54, 1.807) is 18.3 Å². The van der Waals surface area contributed by atoms with Gasteiger partial charge in [-0.05, 0) is 6.07 Å². The number of hydrogen-bond acceptors (Lipinski definition) is 4. The first-order chi connectivity index (χ1) is 8.60. The average molecular weight is 286 g/mol. The van der Waals surface area contributed by atoms with Crippen LogP contribution in [0.5, 0.6) is 5.75 Å². The molecule has 0 fully saturated rings. The lowest BCUT2D eigenvalue weighted by molar-refractivity contribution is 0.0597. The number of methoxy groups -OCH3 is 2. The van der Waals surface area contributed by atoms with Gasteiger partial charge in [0.2, 0.25) is 0 Å². The molecule has 0 saturated heterocycles. The van der Waals surface area contributed by atoms with Crippen LogP contribution in [0.3, 0.4) is 0 Å². The summed E-state index contributed by atoms with van der Waals surface area (Å²) in [5.74, 6) is -0.284. The Hall–Kier alpha value is -1.52. The van der Waals surface area contributed by atoms with E-state index in [2.05, 4.69) is 9.72 Å². The van der Waals surface area contributed by atoms with Crippen molar-refractivity contribution in [1.82, 2.24) is 4.98 Å². The Morgan fingerprint density at radius 3 is 2.67 bits per heavy atom. The van der Waals surface area contributed by atoms with Crippen LogP contribution in [0.15, 0.2) is 18.3 Å². The molecule has 0 atom stereocenters. The number of esters is 1. The number of nitrogens with zero attached hydrogens (tertiary/aromatic N) is 1. The van der Waals surface area contributed by atoms with E-state index in [9.17, 15) is 4.79 Å². The fraction of sp³-hybridized carbons (Fsp3) is 0.167. The first-order valence-corrected chi connectivity index (χ1v) is 5.74. The number of carbonyl (C=O) groups is 1. The smallest absolute Gasteiger partial charge is 0.343 e. The van der Waals surface area contributed by atoms with E-state index in [-0.39, 0.29) is 10.6 Å². The van der Waals surface area contributed by atoms with Crippen LogP contribution < -0.4 is 4.74 Å². The first-order valence-electron chi connectivity index (χ1n) is 4.99. The summed E-state index contributed by atoms with van der Waals surface area (Å²) in [6, 6.07) is 3.20. The number of ether oxygens (including phenoxy) is 2. The molecule has 94 valence electrons. The van der Waals surface area contributed by atoms with Crippen molar-refractivity contribution < 1.29 is 14.3 Å². The normalized spacial score (nSPS) is 10.4. The quantitative estimate of drug-likeness (QED) is 0.794. The standard InChI is InChI=1S/C12H9Cl2NO3/c1-17-8-5-7-9(6(13)3-4-15-7)11(14)10(8)12(16)18-2/h3-5H,1-2H3. The summed E-state index contributed by atoms with van der Waals surface area (Å²) in [5, 5.41) is 1.09. The molecule has 2 aromatic rings. The van der Waals surface area contributed by atoms with Gasteiger partial charge in [0, 0.05) is 17.6 Å². The second kappa shape index (κ2) is 5.00. The topological polar surface area (TPSA) is 48.4 Å². The summed E-state index contributed by atoms with van der Waals surface area (Å²) in [7, 11) is 2.71. The van der Waals surface area contributed by atoms with E-state index >= 15 is 0 Å². The lowest BCUT2D eigenvalue weighted by atomic mass is 10.1. The zero-order valence-corrected chi connectivity index (χ0v) is 11.2. The molecule has 1 aromatic heterocycles. The molecule has 0 amide bonds. The van der Waals surface area contributed by atoms with Crippen LogP contribution in [0.25, 0.3) is 10.9 Å². The molecular formula is C12H9Cl2NO3. The fourth-order valence-electron chi connectivity index (χ4n) is 1.66. The molecule has 1 heterocycles. The van der Waals surface area contributed by atoms with E-state index in [1.807, 2.05) is 0 Å². The predicted octanol–water partition coefficient (Wildman–Crippen LogP) is 3.34. The molecule has 0 unspecified atom stereocenters. The molecule has 4 nitrogen and oxygen atoms in total. The maximum atomic E-state index is 11.7. The van der Waals surface area contributed by atoms with Gasteiger partial charge in [-0.1, -0.05) is 23.2 Å². The summed E-state index contributed by atoms with van der Waals surface area (Å²) in [6.45, 7) is 0. The Labute approximate surface area is 113 Å². The van der Waals surface area contributed by atoms with Crippen LogP contribution >= 0.6 is 23.2 Å². The third-order valence-corrected chi connectivity index (χ3v) is 3.19. The number of rotatable bonds is 2. The number of halogens is 2. The highest BCUT2D eigenvalue weighted by atomic mass is 35.5. The molecule has 1 aromatic carbocycles. The van der Waals surface area contributed by atoms with E-state index in [0.717, 1.165) is 0 Å². The minimum atomic E-state index is -0.585. The van der Waals surface area contributed by atoms with Crippen LogP contribution in [0.4, 0.5) is 0 Å². The van der Waals surface area contributed by atoms with Crippen molar-refractivity contribution >= 4 is 40.1 Å². The largest absolute Gasteiger partial charge is 0.496 e. The Morgan fingerprint density at radius 1 is 1.33 bits per heavy atom. The van der Waals surface area contributed by atoms with Crippen molar-refractivity contribution in [2.24, 2.45) is 0 Å². The van der Waals surface area contributed by atoms with Gasteiger partial charge in [0.05, 0.1) is 29.8 Å². The third-order valence-electron chi connectivity index (χ3n) is 2.49. The van der Waals surface area contributed by atoms with E-state index in [0.29, 0.717) is 21.7 Å². The highest BCUT2D eigenvalue weighted by Crippen LogP contribution is 2.37. The molecule has 0 aliphatic heterocycles. The molecule has 6 heteroatoms. The van der Waals surface area contributed by atoms with Gasteiger partial charge in [0.1, 0.15) is 11.3 Å². The maximum absolute atomic E-state index is 11.7. The number of fused-ring (bicyclic) bond motifs is 1. The highest BCUT2D eigenvalue weighted by molar-refractivity contribution is 6.44. The number of pyridine rings is 1. The van der Waals surface area contributed by atoms with Crippen molar-refractivity contribution in [3.8, 4) is 5.75 Å². The molecule has 0 radical (unpaired) electrons. The van der Waals surface area contributed by atoms with Crippen molar-refractivity contribution in [1.29, 1.82) is 0 Å². The zero-order valence-electron chi connectivity index (χ0n) is 9.66. The van der Waals surface area contributed by atoms with E-state index in [1.165, 1.54) is 14.2 Å². The van der Waals surface area contributed by atoms with Gasteiger partial charge in [-0.2, -0.15) is 0 Å². The lowest BCUT2D eigenvalue weighted by Crippen LogP contribution is -2.06. The van der Waals surface area contributed by atoms with Gasteiger partial charge >= 0.3 is 5.97 Å². The zero-order chi connectivity index (χ0) is 13.3. The number of hydrogen-bond donors (Lipinski definition) is 0. The molecule has 18 heavy (non-hydrogen) atoms. The Balaban J connectivity index is 2.88. The van der Waals surface area contributed by atoms with Crippen LogP contribution in [-0.2, 0) is 4.74 Å². The summed E-state index contributed by atoms with van der Waals surface area (Å²) >= 11 is 12.3. The van der Waals surface area contributed by atoms with Gasteiger partial charge in [-0.25, -0.2) is 4.79 Å². The fourth-order valence-corrected chi connectivity index (χ4v) is 2.33. The summed E-state index contributed by atoms with van der Waals surface area (Å²) in [4.78, 5) is 15.9. The Bertz CT molecular complexity index is 628. The van der Waals surface area contributed by atoms with Crippen molar-refractivity contribution in [2.45, 2.75) is 0 Å². The maximum Gasteiger partial charge on any atom is 0.343 e. The number of carbonyl (C=O) groups excluding carboxylic acids is 1. The number of aromatic nitrogens is 1. The summed E-state index contributed by atoms with van der Waals surface area (Å²) in [5.41, 5.74) is 0.695. The van der Waals surface area contributed by atoms with Crippen LogP contribution in [0, 0.1) is 0 Å². The van der Waals surface area contributed by atoms with Crippen molar-refractivity contribution in [3.05, 3.63) is 33.9 Å². The first kappa shape index (κ1) is 12.9. The molecule has 0 aliphatic rings. The molecule has 0 bridgehead atoms. The second-order valence-corrected chi connectivity index (χ2v) is 4.23. The lowest BCUT2D eigenvalue weighted by Gasteiger charge is -2.11. The average Bonchev–Trinajstić information content (AvgIpc) is 2.37. The van der Waals surface area contributed by atoms with E-state index < -0.39 is 5.97 Å².